The van der Waals surface area contributed by atoms with Gasteiger partial charge in [-0.1, -0.05) is 37.0 Å². The molecule has 1 aliphatic carbocycles. The Morgan fingerprint density at radius 1 is 1.35 bits per heavy atom. The molecule has 0 radical (unpaired) electrons. The lowest BCUT2D eigenvalue weighted by Gasteiger charge is -2.31. The van der Waals surface area contributed by atoms with Gasteiger partial charge in [0.25, 0.3) is 0 Å². The summed E-state index contributed by atoms with van der Waals surface area (Å²) in [4.78, 5) is 12.0. The lowest BCUT2D eigenvalue weighted by molar-refractivity contribution is 0.238. The fraction of sp³-hybridized carbons (Fsp3) is 0.769. The first-order chi connectivity index (χ1) is 8.17. The first kappa shape index (κ1) is 13.2. The van der Waals surface area contributed by atoms with Gasteiger partial charge in [-0.2, -0.15) is 12.6 Å². The van der Waals surface area contributed by atoms with Gasteiger partial charge < -0.3 is 4.57 Å². The van der Waals surface area contributed by atoms with Gasteiger partial charge in [-0.3, -0.25) is 4.79 Å². The summed E-state index contributed by atoms with van der Waals surface area (Å²) < 4.78 is 1.95. The topological polar surface area (TPSA) is 22.0 Å². The smallest absolute Gasteiger partial charge is 0.303 e. The third kappa shape index (κ3) is 2.97. The van der Waals surface area contributed by atoms with Gasteiger partial charge in [0.1, 0.15) is 0 Å². The molecule has 96 valence electrons. The third-order valence-corrected chi connectivity index (χ3v) is 5.52. The summed E-state index contributed by atoms with van der Waals surface area (Å²) in [5.74, 6) is 0.898. The average molecular weight is 271 g/mol. The molecule has 1 saturated carbocycles. The highest BCUT2D eigenvalue weighted by Crippen LogP contribution is 2.37. The van der Waals surface area contributed by atoms with Crippen LogP contribution in [0.25, 0.3) is 0 Å². The molecule has 17 heavy (non-hydrogen) atoms. The maximum absolute atomic E-state index is 11.8. The highest BCUT2D eigenvalue weighted by molar-refractivity contribution is 7.80. The Bertz CT molecular complexity index is 413. The molecule has 4 heteroatoms. The highest BCUT2D eigenvalue weighted by atomic mass is 32.1. The first-order valence-corrected chi connectivity index (χ1v) is 7.94. The average Bonchev–Trinajstić information content (AvgIpc) is 2.58. The summed E-state index contributed by atoms with van der Waals surface area (Å²) >= 11 is 5.88. The van der Waals surface area contributed by atoms with E-state index in [1.165, 1.54) is 49.9 Å². The molecule has 1 aromatic rings. The van der Waals surface area contributed by atoms with Gasteiger partial charge in [0.2, 0.25) is 0 Å². The second-order valence-corrected chi connectivity index (χ2v) is 6.44. The summed E-state index contributed by atoms with van der Waals surface area (Å²) in [6.45, 7) is 2.89. The van der Waals surface area contributed by atoms with E-state index in [0.29, 0.717) is 0 Å². The van der Waals surface area contributed by atoms with E-state index in [1.54, 1.807) is 0 Å². The highest BCUT2D eigenvalue weighted by Gasteiger charge is 2.30. The van der Waals surface area contributed by atoms with Crippen LogP contribution in [0.15, 0.2) is 10.2 Å². The van der Waals surface area contributed by atoms with Crippen molar-refractivity contribution in [1.29, 1.82) is 0 Å². The molecule has 2 rings (SSSR count). The van der Waals surface area contributed by atoms with Crippen molar-refractivity contribution >= 4 is 24.0 Å². The summed E-state index contributed by atoms with van der Waals surface area (Å²) in [5.41, 5.74) is 1.35. The predicted molar refractivity (Wildman–Crippen MR) is 77.3 cm³/mol. The molecule has 1 heterocycles. The maximum atomic E-state index is 11.8. The fourth-order valence-electron chi connectivity index (χ4n) is 2.78. The van der Waals surface area contributed by atoms with Crippen LogP contribution in [0.4, 0.5) is 0 Å². The number of hydrogen-bond acceptors (Lipinski definition) is 3. The van der Waals surface area contributed by atoms with Crippen LogP contribution in [-0.4, -0.2) is 10.3 Å². The maximum Gasteiger partial charge on any atom is 0.307 e. The van der Waals surface area contributed by atoms with Gasteiger partial charge in [0.05, 0.1) is 0 Å². The van der Waals surface area contributed by atoms with E-state index in [4.69, 9.17) is 0 Å². The Morgan fingerprint density at radius 3 is 2.47 bits per heavy atom. The summed E-state index contributed by atoms with van der Waals surface area (Å²) in [6.07, 6.45) is 7.70. The van der Waals surface area contributed by atoms with Gasteiger partial charge in [-0.25, -0.2) is 0 Å². The number of aromatic nitrogens is 1. The molecule has 1 aromatic heterocycles. The number of nitrogens with zero attached hydrogens (tertiary/aromatic N) is 1. The van der Waals surface area contributed by atoms with Crippen molar-refractivity contribution in [3.8, 4) is 0 Å². The molecule has 0 atom stereocenters. The minimum absolute atomic E-state index is 0.188. The van der Waals surface area contributed by atoms with Crippen molar-refractivity contribution in [1.82, 2.24) is 4.57 Å². The Kier molecular flexibility index (Phi) is 4.36. The van der Waals surface area contributed by atoms with Crippen LogP contribution in [0.3, 0.4) is 0 Å². The van der Waals surface area contributed by atoms with Crippen LogP contribution in [-0.2, 0) is 6.54 Å². The van der Waals surface area contributed by atoms with Crippen LogP contribution in [0.5, 0.6) is 0 Å². The predicted octanol–water partition coefficient (Wildman–Crippen LogP) is 3.49. The monoisotopic (exact) mass is 271 g/mol. The third-order valence-electron chi connectivity index (χ3n) is 3.97. The minimum atomic E-state index is 0.188. The van der Waals surface area contributed by atoms with E-state index in [9.17, 15) is 4.79 Å². The Morgan fingerprint density at radius 2 is 2.00 bits per heavy atom. The van der Waals surface area contributed by atoms with Gasteiger partial charge in [-0.05, 0) is 30.9 Å². The lowest BCUT2D eigenvalue weighted by atomic mass is 9.82. The van der Waals surface area contributed by atoms with Crippen molar-refractivity contribution < 1.29 is 0 Å². The van der Waals surface area contributed by atoms with E-state index in [-0.39, 0.29) is 10.3 Å². The fourth-order valence-corrected chi connectivity index (χ4v) is 3.93. The van der Waals surface area contributed by atoms with E-state index in [1.807, 2.05) is 16.9 Å². The van der Waals surface area contributed by atoms with Gasteiger partial charge in [0, 0.05) is 17.6 Å². The Balaban J connectivity index is 2.21. The molecule has 0 saturated heterocycles. The van der Waals surface area contributed by atoms with Gasteiger partial charge in [0.15, 0.2) is 0 Å². The normalized spacial score (nSPS) is 20.1. The zero-order valence-corrected chi connectivity index (χ0v) is 12.2. The van der Waals surface area contributed by atoms with E-state index in [2.05, 4.69) is 12.6 Å². The Hall–Kier alpha value is -0.220. The number of thiol groups is 1. The van der Waals surface area contributed by atoms with E-state index >= 15 is 0 Å². The van der Waals surface area contributed by atoms with Crippen LogP contribution in [0.2, 0.25) is 0 Å². The van der Waals surface area contributed by atoms with Crippen LogP contribution in [0.1, 0.15) is 44.2 Å². The number of hydrogen-bond donors (Lipinski definition) is 1. The summed E-state index contributed by atoms with van der Waals surface area (Å²) in [7, 11) is 0. The van der Waals surface area contributed by atoms with E-state index < -0.39 is 0 Å². The molecule has 0 aromatic carbocycles. The van der Waals surface area contributed by atoms with Crippen LogP contribution < -0.4 is 4.87 Å². The quantitative estimate of drug-likeness (QED) is 0.660. The zero-order valence-electron chi connectivity index (χ0n) is 10.4. The van der Waals surface area contributed by atoms with Gasteiger partial charge in [-0.15, -0.1) is 0 Å². The molecule has 0 spiro atoms. The molecule has 0 bridgehead atoms. The van der Waals surface area contributed by atoms with Crippen molar-refractivity contribution in [2.45, 2.75) is 52.0 Å². The number of aryl methyl sites for hydroxylation is 1. The number of thiazole rings is 1. The SMILES string of the molecule is Cc1csc(=O)n1CC1(CS)CCCCCC1. The van der Waals surface area contributed by atoms with Crippen LogP contribution >= 0.6 is 24.0 Å². The van der Waals surface area contributed by atoms with E-state index in [0.717, 1.165) is 18.0 Å². The second-order valence-electron chi connectivity index (χ2n) is 5.30. The van der Waals surface area contributed by atoms with Crippen molar-refractivity contribution in [3.63, 3.8) is 0 Å². The summed E-state index contributed by atoms with van der Waals surface area (Å²) in [5, 5.41) is 1.96. The van der Waals surface area contributed by atoms with Gasteiger partial charge >= 0.3 is 4.87 Å². The minimum Gasteiger partial charge on any atom is -0.303 e. The number of rotatable bonds is 3. The molecular weight excluding hydrogens is 250 g/mol. The Labute approximate surface area is 112 Å². The summed E-state index contributed by atoms with van der Waals surface area (Å²) in [6, 6.07) is 0. The second kappa shape index (κ2) is 5.61. The molecule has 0 aliphatic heterocycles. The zero-order chi connectivity index (χ0) is 12.3. The molecule has 2 nitrogen and oxygen atoms in total. The van der Waals surface area contributed by atoms with Crippen molar-refractivity contribution in [3.05, 3.63) is 20.7 Å². The molecule has 1 fully saturated rings. The van der Waals surface area contributed by atoms with Crippen molar-refractivity contribution in [2.75, 3.05) is 5.75 Å². The molecular formula is C13H21NOS2. The molecule has 0 unspecified atom stereocenters. The lowest BCUT2D eigenvalue weighted by Crippen LogP contribution is -2.32. The standard InChI is InChI=1S/C13H21NOS2/c1-11-8-17-12(15)14(11)9-13(10-16)6-4-2-3-5-7-13/h8,16H,2-7,9-10H2,1H3. The van der Waals surface area contributed by atoms with Crippen LogP contribution in [0, 0.1) is 12.3 Å². The first-order valence-electron chi connectivity index (χ1n) is 6.43. The van der Waals surface area contributed by atoms with Crippen molar-refractivity contribution in [2.24, 2.45) is 5.41 Å². The largest absolute Gasteiger partial charge is 0.307 e. The molecule has 0 N–H and O–H groups in total. The molecule has 0 amide bonds. The molecule has 1 aliphatic rings.